The molecule has 4 heteroatoms. The van der Waals surface area contributed by atoms with E-state index in [1.165, 1.54) is 0 Å². The summed E-state index contributed by atoms with van der Waals surface area (Å²) in [6.07, 6.45) is 0. The van der Waals surface area contributed by atoms with Crippen LogP contribution in [0, 0.1) is 0 Å². The predicted molar refractivity (Wildman–Crippen MR) is 108 cm³/mol. The quantitative estimate of drug-likeness (QED) is 0.546. The van der Waals surface area contributed by atoms with E-state index in [1.807, 2.05) is 66.7 Å². The van der Waals surface area contributed by atoms with Crippen molar-refractivity contribution in [2.24, 2.45) is 0 Å². The fraction of sp³-hybridized carbons (Fsp3) is 0.136. The lowest BCUT2D eigenvalue weighted by atomic mass is 9.90. The fourth-order valence-corrected chi connectivity index (χ4v) is 3.44. The Morgan fingerprint density at radius 1 is 0.885 bits per heavy atom. The minimum Gasteiger partial charge on any atom is -0.341 e. The van der Waals surface area contributed by atoms with Crippen molar-refractivity contribution in [1.29, 1.82) is 0 Å². The van der Waals surface area contributed by atoms with E-state index < -0.39 is 0 Å². The molecule has 0 aromatic heterocycles. The molecule has 2 nitrogen and oxygen atoms in total. The van der Waals surface area contributed by atoms with E-state index in [0.29, 0.717) is 16.6 Å². The molecule has 0 saturated carbocycles. The van der Waals surface area contributed by atoms with Crippen LogP contribution >= 0.6 is 23.2 Å². The summed E-state index contributed by atoms with van der Waals surface area (Å²) in [5.41, 5.74) is 2.81. The van der Waals surface area contributed by atoms with Gasteiger partial charge in [-0.3, -0.25) is 4.79 Å². The molecule has 26 heavy (non-hydrogen) atoms. The van der Waals surface area contributed by atoms with Crippen LogP contribution in [-0.4, -0.2) is 17.9 Å². The minimum atomic E-state index is -0.353. The molecule has 0 N–H and O–H groups in total. The summed E-state index contributed by atoms with van der Waals surface area (Å²) >= 11 is 12.2. The van der Waals surface area contributed by atoms with Gasteiger partial charge in [0.1, 0.15) is 0 Å². The lowest BCUT2D eigenvalue weighted by Crippen LogP contribution is -2.32. The van der Waals surface area contributed by atoms with Gasteiger partial charge in [-0.15, -0.1) is 0 Å². The van der Waals surface area contributed by atoms with Crippen molar-refractivity contribution in [2.45, 2.75) is 12.5 Å². The van der Waals surface area contributed by atoms with Crippen LogP contribution in [0.3, 0.4) is 0 Å². The fourth-order valence-electron chi connectivity index (χ4n) is 2.97. The van der Waals surface area contributed by atoms with Gasteiger partial charge in [0.05, 0.1) is 5.92 Å². The van der Waals surface area contributed by atoms with Crippen LogP contribution in [-0.2, 0) is 11.3 Å². The molecule has 0 saturated heterocycles. The van der Waals surface area contributed by atoms with E-state index in [-0.39, 0.29) is 11.8 Å². The second kappa shape index (κ2) is 8.39. The Labute approximate surface area is 164 Å². The standard InChI is InChI=1S/C22H19Cl2NO/c1-25(15-18-12-13-19(23)14-20(18)24)22(26)21(16-8-4-2-5-9-16)17-10-6-3-7-11-17/h2-14,21H,15H2,1H3. The highest BCUT2D eigenvalue weighted by molar-refractivity contribution is 6.35. The molecule has 132 valence electrons. The molecule has 3 aromatic carbocycles. The Bertz CT molecular complexity index is 842. The zero-order valence-corrected chi connectivity index (χ0v) is 15.9. The minimum absolute atomic E-state index is 0.0217. The molecule has 0 aliphatic rings. The Hall–Kier alpha value is -2.29. The second-order valence-electron chi connectivity index (χ2n) is 6.18. The van der Waals surface area contributed by atoms with Gasteiger partial charge in [-0.05, 0) is 28.8 Å². The highest BCUT2D eigenvalue weighted by Gasteiger charge is 2.25. The van der Waals surface area contributed by atoms with Crippen molar-refractivity contribution in [2.75, 3.05) is 7.05 Å². The number of amides is 1. The molecule has 0 aliphatic carbocycles. The number of carbonyl (C=O) groups is 1. The van der Waals surface area contributed by atoms with E-state index >= 15 is 0 Å². The zero-order valence-electron chi connectivity index (χ0n) is 14.4. The third kappa shape index (κ3) is 4.27. The van der Waals surface area contributed by atoms with Gasteiger partial charge in [-0.2, -0.15) is 0 Å². The van der Waals surface area contributed by atoms with Gasteiger partial charge < -0.3 is 4.90 Å². The number of rotatable bonds is 5. The third-order valence-electron chi connectivity index (χ3n) is 4.31. The van der Waals surface area contributed by atoms with Crippen molar-refractivity contribution in [3.05, 3.63) is 106 Å². The van der Waals surface area contributed by atoms with Crippen molar-refractivity contribution in [3.8, 4) is 0 Å². The molecule has 0 aliphatic heterocycles. The van der Waals surface area contributed by atoms with Gasteiger partial charge in [0.15, 0.2) is 0 Å². The van der Waals surface area contributed by atoms with Gasteiger partial charge in [-0.1, -0.05) is 89.9 Å². The lowest BCUT2D eigenvalue weighted by Gasteiger charge is -2.25. The number of likely N-dealkylation sites (N-methyl/N-ethyl adjacent to an activating group) is 1. The Morgan fingerprint density at radius 3 is 1.92 bits per heavy atom. The Morgan fingerprint density at radius 2 is 1.42 bits per heavy atom. The number of hydrogen-bond acceptors (Lipinski definition) is 1. The van der Waals surface area contributed by atoms with Crippen LogP contribution in [0.5, 0.6) is 0 Å². The Balaban J connectivity index is 1.90. The van der Waals surface area contributed by atoms with Crippen molar-refractivity contribution >= 4 is 29.1 Å². The number of benzene rings is 3. The molecule has 0 atom stereocenters. The van der Waals surface area contributed by atoms with Gasteiger partial charge in [0, 0.05) is 23.6 Å². The third-order valence-corrected chi connectivity index (χ3v) is 4.90. The maximum Gasteiger partial charge on any atom is 0.234 e. The summed E-state index contributed by atoms with van der Waals surface area (Å²) < 4.78 is 0. The van der Waals surface area contributed by atoms with Crippen molar-refractivity contribution in [1.82, 2.24) is 4.90 Å². The van der Waals surface area contributed by atoms with Gasteiger partial charge in [0.25, 0.3) is 0 Å². The molecule has 0 unspecified atom stereocenters. The first-order chi connectivity index (χ1) is 12.6. The monoisotopic (exact) mass is 383 g/mol. The summed E-state index contributed by atoms with van der Waals surface area (Å²) in [5.74, 6) is -0.332. The second-order valence-corrected chi connectivity index (χ2v) is 7.03. The van der Waals surface area contributed by atoms with Gasteiger partial charge in [-0.25, -0.2) is 0 Å². The number of hydrogen-bond donors (Lipinski definition) is 0. The smallest absolute Gasteiger partial charge is 0.234 e. The number of carbonyl (C=O) groups excluding carboxylic acids is 1. The first-order valence-corrected chi connectivity index (χ1v) is 9.10. The molecular formula is C22H19Cl2NO. The molecule has 3 rings (SSSR count). The topological polar surface area (TPSA) is 20.3 Å². The van der Waals surface area contributed by atoms with Crippen molar-refractivity contribution in [3.63, 3.8) is 0 Å². The van der Waals surface area contributed by atoms with Gasteiger partial charge >= 0.3 is 0 Å². The SMILES string of the molecule is CN(Cc1ccc(Cl)cc1Cl)C(=O)C(c1ccccc1)c1ccccc1. The molecule has 3 aromatic rings. The van der Waals surface area contributed by atoms with E-state index in [0.717, 1.165) is 16.7 Å². The average Bonchev–Trinajstić information content (AvgIpc) is 2.66. The summed E-state index contributed by atoms with van der Waals surface area (Å²) in [6.45, 7) is 0.422. The highest BCUT2D eigenvalue weighted by Crippen LogP contribution is 2.28. The van der Waals surface area contributed by atoms with Crippen molar-refractivity contribution < 1.29 is 4.79 Å². The number of nitrogens with zero attached hydrogens (tertiary/aromatic N) is 1. The summed E-state index contributed by atoms with van der Waals surface area (Å²) in [4.78, 5) is 15.0. The first-order valence-electron chi connectivity index (χ1n) is 8.35. The van der Waals surface area contributed by atoms with E-state index in [4.69, 9.17) is 23.2 Å². The highest BCUT2D eigenvalue weighted by atomic mass is 35.5. The maximum absolute atomic E-state index is 13.3. The molecule has 0 spiro atoms. The van der Waals surface area contributed by atoms with Crippen LogP contribution in [0.1, 0.15) is 22.6 Å². The van der Waals surface area contributed by atoms with Crippen LogP contribution in [0.25, 0.3) is 0 Å². The van der Waals surface area contributed by atoms with Crippen LogP contribution in [0.4, 0.5) is 0 Å². The van der Waals surface area contributed by atoms with E-state index in [9.17, 15) is 4.79 Å². The van der Waals surface area contributed by atoms with Crippen LogP contribution < -0.4 is 0 Å². The van der Waals surface area contributed by atoms with Gasteiger partial charge in [0.2, 0.25) is 5.91 Å². The average molecular weight is 384 g/mol. The lowest BCUT2D eigenvalue weighted by molar-refractivity contribution is -0.131. The van der Waals surface area contributed by atoms with Crippen LogP contribution in [0.2, 0.25) is 10.0 Å². The molecular weight excluding hydrogens is 365 g/mol. The molecule has 0 bridgehead atoms. The van der Waals surface area contributed by atoms with Crippen LogP contribution in [0.15, 0.2) is 78.9 Å². The number of halogens is 2. The zero-order chi connectivity index (χ0) is 18.5. The molecule has 1 amide bonds. The summed E-state index contributed by atoms with van der Waals surface area (Å²) in [7, 11) is 1.80. The van der Waals surface area contributed by atoms with E-state index in [2.05, 4.69) is 0 Å². The molecule has 0 heterocycles. The van der Waals surface area contributed by atoms with E-state index in [1.54, 1.807) is 24.1 Å². The molecule has 0 fully saturated rings. The molecule has 0 radical (unpaired) electrons. The summed E-state index contributed by atoms with van der Waals surface area (Å²) in [5, 5.41) is 1.15. The predicted octanol–water partition coefficient (Wildman–Crippen LogP) is 5.78. The normalized spacial score (nSPS) is 10.8. The largest absolute Gasteiger partial charge is 0.341 e. The maximum atomic E-state index is 13.3. The summed E-state index contributed by atoms with van der Waals surface area (Å²) in [6, 6.07) is 25.0. The Kier molecular flexibility index (Phi) is 5.97. The first kappa shape index (κ1) is 18.5.